The van der Waals surface area contributed by atoms with Gasteiger partial charge in [-0.3, -0.25) is 4.79 Å². The number of aryl methyl sites for hydroxylation is 1. The summed E-state index contributed by atoms with van der Waals surface area (Å²) in [5, 5.41) is 4.91. The normalized spacial score (nSPS) is 11.0. The molecule has 0 aliphatic heterocycles. The summed E-state index contributed by atoms with van der Waals surface area (Å²) in [7, 11) is 4.05. The quantitative estimate of drug-likeness (QED) is 0.626. The molecular formula is C22H26N4OS. The fraction of sp³-hybridized carbons (Fsp3) is 0.273. The lowest BCUT2D eigenvalue weighted by Gasteiger charge is -2.27. The Kier molecular flexibility index (Phi) is 6.44. The van der Waals surface area contributed by atoms with E-state index >= 15 is 0 Å². The molecule has 1 aromatic heterocycles. The summed E-state index contributed by atoms with van der Waals surface area (Å²) < 4.78 is 0. The number of likely N-dealkylation sites (N-methyl/N-ethyl adjacent to an activating group) is 1. The first-order valence-corrected chi connectivity index (χ1v) is 9.71. The molecule has 146 valence electrons. The second kappa shape index (κ2) is 8.99. The summed E-state index contributed by atoms with van der Waals surface area (Å²) in [4.78, 5) is 19.8. The third-order valence-electron chi connectivity index (χ3n) is 4.57. The van der Waals surface area contributed by atoms with Crippen LogP contribution in [0.5, 0.6) is 0 Å². The molecule has 0 aliphatic rings. The Balaban J connectivity index is 1.85. The SMILES string of the molecule is Cc1ccc2cc(CN(CCN(C)C)C(=S)Nc3ccccc3)c(=O)[nH]c2c1. The topological polar surface area (TPSA) is 51.4 Å². The maximum absolute atomic E-state index is 12.6. The van der Waals surface area contributed by atoms with Gasteiger partial charge < -0.3 is 20.1 Å². The lowest BCUT2D eigenvalue weighted by atomic mass is 10.1. The van der Waals surface area contributed by atoms with Crippen LogP contribution in [0.3, 0.4) is 0 Å². The van der Waals surface area contributed by atoms with E-state index in [0.717, 1.165) is 35.2 Å². The third-order valence-corrected chi connectivity index (χ3v) is 4.93. The zero-order chi connectivity index (χ0) is 20.1. The predicted molar refractivity (Wildman–Crippen MR) is 121 cm³/mol. The van der Waals surface area contributed by atoms with Crippen molar-refractivity contribution in [2.45, 2.75) is 13.5 Å². The summed E-state index contributed by atoms with van der Waals surface area (Å²) in [6.07, 6.45) is 0. The number of H-pyrrole nitrogens is 1. The molecule has 2 aromatic carbocycles. The van der Waals surface area contributed by atoms with Crippen molar-refractivity contribution in [3.8, 4) is 0 Å². The minimum atomic E-state index is -0.0736. The smallest absolute Gasteiger partial charge is 0.253 e. The number of thiocarbonyl (C=S) groups is 1. The molecule has 0 aliphatic carbocycles. The van der Waals surface area contributed by atoms with E-state index in [-0.39, 0.29) is 5.56 Å². The van der Waals surface area contributed by atoms with E-state index < -0.39 is 0 Å². The minimum Gasteiger partial charge on any atom is -0.343 e. The van der Waals surface area contributed by atoms with E-state index in [0.29, 0.717) is 17.2 Å². The number of aromatic nitrogens is 1. The first kappa shape index (κ1) is 20.0. The number of pyridine rings is 1. The number of para-hydroxylation sites is 1. The van der Waals surface area contributed by atoms with Crippen LogP contribution in [0.4, 0.5) is 5.69 Å². The van der Waals surface area contributed by atoms with Crippen molar-refractivity contribution in [2.75, 3.05) is 32.5 Å². The molecule has 0 saturated carbocycles. The van der Waals surface area contributed by atoms with E-state index in [1.54, 1.807) is 0 Å². The molecule has 3 rings (SSSR count). The van der Waals surface area contributed by atoms with Crippen molar-refractivity contribution in [2.24, 2.45) is 0 Å². The Morgan fingerprint density at radius 2 is 1.82 bits per heavy atom. The van der Waals surface area contributed by atoms with Gasteiger partial charge in [0.1, 0.15) is 0 Å². The molecule has 2 N–H and O–H groups in total. The molecule has 1 heterocycles. The van der Waals surface area contributed by atoms with Crippen LogP contribution in [0.25, 0.3) is 10.9 Å². The van der Waals surface area contributed by atoms with Gasteiger partial charge in [-0.2, -0.15) is 0 Å². The number of nitrogens with zero attached hydrogens (tertiary/aromatic N) is 2. The van der Waals surface area contributed by atoms with Crippen molar-refractivity contribution in [1.29, 1.82) is 0 Å². The highest BCUT2D eigenvalue weighted by Crippen LogP contribution is 2.15. The molecule has 0 unspecified atom stereocenters. The second-order valence-electron chi connectivity index (χ2n) is 7.24. The highest BCUT2D eigenvalue weighted by Gasteiger charge is 2.14. The standard InChI is InChI=1S/C22H26N4OS/c1-16-9-10-17-14-18(21(27)24-20(17)13-16)15-26(12-11-25(2)3)22(28)23-19-7-5-4-6-8-19/h4-10,13-14H,11-12,15H2,1-3H3,(H,23,28)(H,24,27). The molecule has 3 aromatic rings. The van der Waals surface area contributed by atoms with Gasteiger partial charge >= 0.3 is 0 Å². The Bertz CT molecular complexity index is 1010. The molecule has 5 nitrogen and oxygen atoms in total. The number of benzene rings is 2. The van der Waals surface area contributed by atoms with Crippen LogP contribution in [0.15, 0.2) is 59.4 Å². The Morgan fingerprint density at radius 3 is 2.54 bits per heavy atom. The third kappa shape index (κ3) is 5.18. The lowest BCUT2D eigenvalue weighted by molar-refractivity contribution is 0.327. The van der Waals surface area contributed by atoms with Gasteiger partial charge in [-0.15, -0.1) is 0 Å². The highest BCUT2D eigenvalue weighted by molar-refractivity contribution is 7.80. The molecule has 0 amide bonds. The van der Waals surface area contributed by atoms with Crippen molar-refractivity contribution in [1.82, 2.24) is 14.8 Å². The Labute approximate surface area is 171 Å². The molecule has 0 radical (unpaired) electrons. The van der Waals surface area contributed by atoms with Crippen LogP contribution in [0, 0.1) is 6.92 Å². The summed E-state index contributed by atoms with van der Waals surface area (Å²) >= 11 is 5.65. The first-order valence-electron chi connectivity index (χ1n) is 9.30. The molecule has 6 heteroatoms. The largest absolute Gasteiger partial charge is 0.343 e. The molecular weight excluding hydrogens is 368 g/mol. The van der Waals surface area contributed by atoms with Crippen molar-refractivity contribution >= 4 is 33.9 Å². The molecule has 0 spiro atoms. The number of hydrogen-bond acceptors (Lipinski definition) is 3. The van der Waals surface area contributed by atoms with Gasteiger partial charge in [0.2, 0.25) is 0 Å². The van der Waals surface area contributed by atoms with Gasteiger partial charge in [-0.1, -0.05) is 30.3 Å². The second-order valence-corrected chi connectivity index (χ2v) is 7.62. The summed E-state index contributed by atoms with van der Waals surface area (Å²) in [6, 6.07) is 17.9. The van der Waals surface area contributed by atoms with Gasteiger partial charge in [0.05, 0.1) is 6.54 Å². The van der Waals surface area contributed by atoms with Gasteiger partial charge in [-0.05, 0) is 68.5 Å². The van der Waals surface area contributed by atoms with Crippen LogP contribution >= 0.6 is 12.2 Å². The Hall–Kier alpha value is -2.70. The number of aromatic amines is 1. The molecule has 28 heavy (non-hydrogen) atoms. The predicted octanol–water partition coefficient (Wildman–Crippen LogP) is 3.60. The maximum atomic E-state index is 12.6. The van der Waals surface area contributed by atoms with Crippen LogP contribution in [0.2, 0.25) is 0 Å². The van der Waals surface area contributed by atoms with E-state index in [2.05, 4.69) is 21.3 Å². The average molecular weight is 395 g/mol. The lowest BCUT2D eigenvalue weighted by Crippen LogP contribution is -2.40. The van der Waals surface area contributed by atoms with Gasteiger partial charge in [0.25, 0.3) is 5.56 Å². The minimum absolute atomic E-state index is 0.0736. The van der Waals surface area contributed by atoms with Crippen LogP contribution in [-0.4, -0.2) is 47.1 Å². The fourth-order valence-corrected chi connectivity index (χ4v) is 3.25. The van der Waals surface area contributed by atoms with E-state index in [1.807, 2.05) is 74.4 Å². The molecule has 0 fully saturated rings. The number of nitrogens with one attached hydrogen (secondary N) is 2. The van der Waals surface area contributed by atoms with Gasteiger partial charge in [-0.25, -0.2) is 0 Å². The fourth-order valence-electron chi connectivity index (χ4n) is 2.98. The van der Waals surface area contributed by atoms with Gasteiger partial charge in [0, 0.05) is 29.9 Å². The molecule has 0 saturated heterocycles. The van der Waals surface area contributed by atoms with Crippen LogP contribution in [-0.2, 0) is 6.54 Å². The van der Waals surface area contributed by atoms with E-state index in [4.69, 9.17) is 12.2 Å². The van der Waals surface area contributed by atoms with E-state index in [9.17, 15) is 4.79 Å². The van der Waals surface area contributed by atoms with Crippen molar-refractivity contribution in [3.63, 3.8) is 0 Å². The number of hydrogen-bond donors (Lipinski definition) is 2. The summed E-state index contributed by atoms with van der Waals surface area (Å²) in [6.45, 7) is 4.02. The van der Waals surface area contributed by atoms with E-state index in [1.165, 1.54) is 0 Å². The highest BCUT2D eigenvalue weighted by atomic mass is 32.1. The summed E-state index contributed by atoms with van der Waals surface area (Å²) in [5.41, 5.74) is 3.54. The Morgan fingerprint density at radius 1 is 1.07 bits per heavy atom. The summed E-state index contributed by atoms with van der Waals surface area (Å²) in [5.74, 6) is 0. The maximum Gasteiger partial charge on any atom is 0.253 e. The molecule has 0 atom stereocenters. The number of anilines is 1. The van der Waals surface area contributed by atoms with Crippen molar-refractivity contribution < 1.29 is 0 Å². The van der Waals surface area contributed by atoms with Crippen LogP contribution in [0.1, 0.15) is 11.1 Å². The molecule has 0 bridgehead atoms. The van der Waals surface area contributed by atoms with Gasteiger partial charge in [0.15, 0.2) is 5.11 Å². The zero-order valence-corrected chi connectivity index (χ0v) is 17.3. The van der Waals surface area contributed by atoms with Crippen LogP contribution < -0.4 is 10.9 Å². The van der Waals surface area contributed by atoms with Crippen molar-refractivity contribution in [3.05, 3.63) is 76.1 Å². The first-order chi connectivity index (χ1) is 13.4. The monoisotopic (exact) mass is 394 g/mol. The average Bonchev–Trinajstić information content (AvgIpc) is 2.66. The number of fused-ring (bicyclic) bond motifs is 1. The zero-order valence-electron chi connectivity index (χ0n) is 16.5. The number of rotatable bonds is 6.